The van der Waals surface area contributed by atoms with E-state index in [0.717, 1.165) is 11.3 Å². The van der Waals surface area contributed by atoms with Gasteiger partial charge >= 0.3 is 0 Å². The summed E-state index contributed by atoms with van der Waals surface area (Å²) in [5.74, 6) is 0.566. The number of hydrogen-bond acceptors (Lipinski definition) is 5. The quantitative estimate of drug-likeness (QED) is 0.879. The van der Waals surface area contributed by atoms with Gasteiger partial charge in [0.1, 0.15) is 11.4 Å². The maximum atomic E-state index is 11.7. The Balaban J connectivity index is 1.92. The summed E-state index contributed by atoms with van der Waals surface area (Å²) in [6.07, 6.45) is 0. The van der Waals surface area contributed by atoms with Gasteiger partial charge in [0.25, 0.3) is 5.91 Å². The first kappa shape index (κ1) is 12.4. The number of methoxy groups -OCH3 is 1. The van der Waals surface area contributed by atoms with Gasteiger partial charge < -0.3 is 15.8 Å². The van der Waals surface area contributed by atoms with Crippen LogP contribution in [0.1, 0.15) is 16.1 Å². The second-order valence-corrected chi connectivity index (χ2v) is 4.49. The summed E-state index contributed by atoms with van der Waals surface area (Å²) in [4.78, 5) is 15.6. The van der Waals surface area contributed by atoms with Crippen molar-refractivity contribution in [3.8, 4) is 5.75 Å². The number of benzene rings is 1. The highest BCUT2D eigenvalue weighted by Crippen LogP contribution is 2.12. The van der Waals surface area contributed by atoms with Crippen LogP contribution in [0.5, 0.6) is 5.75 Å². The molecular formula is C12H13N3O2S. The minimum atomic E-state index is -0.223. The first-order valence-corrected chi connectivity index (χ1v) is 6.19. The van der Waals surface area contributed by atoms with Crippen LogP contribution in [0, 0.1) is 0 Å². The maximum absolute atomic E-state index is 11.7. The van der Waals surface area contributed by atoms with Crippen molar-refractivity contribution in [2.24, 2.45) is 0 Å². The Kier molecular flexibility index (Phi) is 3.78. The second-order valence-electron chi connectivity index (χ2n) is 3.60. The van der Waals surface area contributed by atoms with E-state index in [1.165, 1.54) is 11.3 Å². The molecule has 0 radical (unpaired) electrons. The van der Waals surface area contributed by atoms with Crippen molar-refractivity contribution >= 4 is 22.4 Å². The second kappa shape index (κ2) is 5.50. The van der Waals surface area contributed by atoms with Gasteiger partial charge in [-0.3, -0.25) is 4.79 Å². The number of ether oxygens (including phenoxy) is 1. The summed E-state index contributed by atoms with van der Waals surface area (Å²) in [5.41, 5.74) is 6.81. The Morgan fingerprint density at radius 1 is 1.44 bits per heavy atom. The number of nitrogens with zero attached hydrogens (tertiary/aromatic N) is 1. The standard InChI is InChI=1S/C12H13N3O2S/c1-17-9-4-2-8(3-5-9)6-14-11(16)10-7-18-12(13)15-10/h2-5,7H,6H2,1H3,(H2,13,15)(H,14,16). The largest absolute Gasteiger partial charge is 0.497 e. The fourth-order valence-electron chi connectivity index (χ4n) is 1.41. The number of nitrogens with two attached hydrogens (primary N) is 1. The number of aromatic nitrogens is 1. The van der Waals surface area contributed by atoms with Gasteiger partial charge in [-0.05, 0) is 17.7 Å². The van der Waals surface area contributed by atoms with E-state index in [0.29, 0.717) is 17.4 Å². The van der Waals surface area contributed by atoms with Gasteiger partial charge in [0.2, 0.25) is 0 Å². The van der Waals surface area contributed by atoms with Crippen molar-refractivity contribution in [2.75, 3.05) is 12.8 Å². The normalized spacial score (nSPS) is 10.1. The van der Waals surface area contributed by atoms with Gasteiger partial charge in [-0.2, -0.15) is 0 Å². The predicted molar refractivity (Wildman–Crippen MR) is 70.7 cm³/mol. The number of nitrogens with one attached hydrogen (secondary N) is 1. The van der Waals surface area contributed by atoms with E-state index in [1.54, 1.807) is 12.5 Å². The molecule has 0 spiro atoms. The summed E-state index contributed by atoms with van der Waals surface area (Å²) in [5, 5.41) is 4.81. The molecule has 0 atom stereocenters. The van der Waals surface area contributed by atoms with Crippen molar-refractivity contribution in [3.63, 3.8) is 0 Å². The minimum absolute atomic E-state index is 0.223. The zero-order chi connectivity index (χ0) is 13.0. The van der Waals surface area contributed by atoms with E-state index in [9.17, 15) is 4.79 Å². The van der Waals surface area contributed by atoms with E-state index in [-0.39, 0.29) is 5.91 Å². The molecule has 0 aliphatic heterocycles. The van der Waals surface area contributed by atoms with Crippen molar-refractivity contribution in [1.29, 1.82) is 0 Å². The number of carbonyl (C=O) groups is 1. The fraction of sp³-hybridized carbons (Fsp3) is 0.167. The number of rotatable bonds is 4. The lowest BCUT2D eigenvalue weighted by atomic mass is 10.2. The topological polar surface area (TPSA) is 77.2 Å². The molecule has 1 aromatic carbocycles. The van der Waals surface area contributed by atoms with Crippen LogP contribution in [0.4, 0.5) is 5.13 Å². The molecule has 2 rings (SSSR count). The molecule has 0 saturated carbocycles. The minimum Gasteiger partial charge on any atom is -0.497 e. The molecule has 18 heavy (non-hydrogen) atoms. The van der Waals surface area contributed by atoms with Crippen molar-refractivity contribution in [1.82, 2.24) is 10.3 Å². The Bertz CT molecular complexity index is 537. The molecule has 1 aromatic heterocycles. The molecule has 0 bridgehead atoms. The summed E-state index contributed by atoms with van der Waals surface area (Å²) in [7, 11) is 1.61. The van der Waals surface area contributed by atoms with E-state index in [2.05, 4.69) is 10.3 Å². The molecule has 5 nitrogen and oxygen atoms in total. The number of hydrogen-bond donors (Lipinski definition) is 2. The zero-order valence-electron chi connectivity index (χ0n) is 9.84. The van der Waals surface area contributed by atoms with Gasteiger partial charge in [0.05, 0.1) is 7.11 Å². The highest BCUT2D eigenvalue weighted by molar-refractivity contribution is 7.13. The SMILES string of the molecule is COc1ccc(CNC(=O)c2csc(N)n2)cc1. The third-order valence-corrected chi connectivity index (χ3v) is 3.04. The lowest BCUT2D eigenvalue weighted by Gasteiger charge is -2.04. The van der Waals surface area contributed by atoms with Crippen LogP contribution in [-0.4, -0.2) is 18.0 Å². The van der Waals surface area contributed by atoms with Crippen molar-refractivity contribution in [2.45, 2.75) is 6.54 Å². The van der Waals surface area contributed by atoms with E-state index < -0.39 is 0 Å². The van der Waals surface area contributed by atoms with Gasteiger partial charge in [-0.1, -0.05) is 12.1 Å². The van der Waals surface area contributed by atoms with E-state index >= 15 is 0 Å². The third-order valence-electron chi connectivity index (χ3n) is 2.37. The Labute approximate surface area is 109 Å². The molecule has 0 aliphatic carbocycles. The number of anilines is 1. The molecule has 1 amide bonds. The van der Waals surface area contributed by atoms with Gasteiger partial charge in [-0.25, -0.2) is 4.98 Å². The zero-order valence-corrected chi connectivity index (χ0v) is 10.7. The monoisotopic (exact) mass is 263 g/mol. The summed E-state index contributed by atoms with van der Waals surface area (Å²) >= 11 is 1.25. The molecule has 0 unspecified atom stereocenters. The van der Waals surface area contributed by atoms with Crippen LogP contribution in [0.15, 0.2) is 29.6 Å². The molecule has 2 aromatic rings. The Hall–Kier alpha value is -2.08. The number of carbonyl (C=O) groups excluding carboxylic acids is 1. The lowest BCUT2D eigenvalue weighted by Crippen LogP contribution is -2.23. The van der Waals surface area contributed by atoms with Crippen LogP contribution in [0.25, 0.3) is 0 Å². The summed E-state index contributed by atoms with van der Waals surface area (Å²) in [6, 6.07) is 7.49. The van der Waals surface area contributed by atoms with Gasteiger partial charge in [0.15, 0.2) is 5.13 Å². The van der Waals surface area contributed by atoms with Gasteiger partial charge in [-0.15, -0.1) is 11.3 Å². The molecule has 94 valence electrons. The number of amides is 1. The third kappa shape index (κ3) is 2.98. The highest BCUT2D eigenvalue weighted by atomic mass is 32.1. The van der Waals surface area contributed by atoms with Crippen molar-refractivity contribution < 1.29 is 9.53 Å². The lowest BCUT2D eigenvalue weighted by molar-refractivity contribution is 0.0946. The Morgan fingerprint density at radius 2 is 2.17 bits per heavy atom. The predicted octanol–water partition coefficient (Wildman–Crippen LogP) is 1.66. The van der Waals surface area contributed by atoms with Crippen LogP contribution < -0.4 is 15.8 Å². The highest BCUT2D eigenvalue weighted by Gasteiger charge is 2.08. The molecular weight excluding hydrogens is 250 g/mol. The van der Waals surface area contributed by atoms with Crippen molar-refractivity contribution in [3.05, 3.63) is 40.9 Å². The van der Waals surface area contributed by atoms with Crippen LogP contribution in [-0.2, 0) is 6.54 Å². The first-order chi connectivity index (χ1) is 8.69. The molecule has 6 heteroatoms. The molecule has 0 saturated heterocycles. The number of nitrogen functional groups attached to an aromatic ring is 1. The summed E-state index contributed by atoms with van der Waals surface area (Å²) < 4.78 is 5.06. The average Bonchev–Trinajstić information content (AvgIpc) is 2.83. The number of thiazole rings is 1. The van der Waals surface area contributed by atoms with Crippen LogP contribution in [0.3, 0.4) is 0 Å². The molecule has 0 aliphatic rings. The summed E-state index contributed by atoms with van der Waals surface area (Å²) in [6.45, 7) is 0.445. The molecule has 1 heterocycles. The van der Waals surface area contributed by atoms with E-state index in [4.69, 9.17) is 10.5 Å². The molecule has 3 N–H and O–H groups in total. The molecule has 0 fully saturated rings. The first-order valence-electron chi connectivity index (χ1n) is 5.31. The van der Waals surface area contributed by atoms with E-state index in [1.807, 2.05) is 24.3 Å². The van der Waals surface area contributed by atoms with Crippen LogP contribution >= 0.6 is 11.3 Å². The smallest absolute Gasteiger partial charge is 0.271 e. The fourth-order valence-corrected chi connectivity index (χ4v) is 1.95. The Morgan fingerprint density at radius 3 is 2.72 bits per heavy atom. The van der Waals surface area contributed by atoms with Crippen LogP contribution in [0.2, 0.25) is 0 Å². The average molecular weight is 263 g/mol. The van der Waals surface area contributed by atoms with Gasteiger partial charge in [0, 0.05) is 11.9 Å². The maximum Gasteiger partial charge on any atom is 0.271 e.